The van der Waals surface area contributed by atoms with E-state index in [0.29, 0.717) is 5.41 Å². The fraction of sp³-hybridized carbons (Fsp3) is 0.375. The Morgan fingerprint density at radius 1 is 1.35 bits per heavy atom. The molecule has 0 atom stereocenters. The summed E-state index contributed by atoms with van der Waals surface area (Å²) in [7, 11) is 0. The van der Waals surface area contributed by atoms with Gasteiger partial charge in [0.1, 0.15) is 11.7 Å². The molecule has 2 heterocycles. The first-order chi connectivity index (χ1) is 9.46. The predicted octanol–water partition coefficient (Wildman–Crippen LogP) is 2.76. The monoisotopic (exact) mass is 268 g/mol. The van der Waals surface area contributed by atoms with E-state index in [1.165, 1.54) is 0 Å². The van der Waals surface area contributed by atoms with Crippen LogP contribution in [0.25, 0.3) is 10.9 Å². The van der Waals surface area contributed by atoms with Crippen LogP contribution in [0.4, 0.5) is 5.82 Å². The minimum absolute atomic E-state index is 0.0861. The lowest BCUT2D eigenvalue weighted by atomic mass is 9.93. The second-order valence-electron chi connectivity index (χ2n) is 6.30. The average molecular weight is 268 g/mol. The molecule has 1 aliphatic rings. The van der Waals surface area contributed by atoms with Gasteiger partial charge in [0, 0.05) is 18.5 Å². The number of hydrogen-bond acceptors (Lipinski definition) is 3. The number of benzene rings is 1. The van der Waals surface area contributed by atoms with Crippen molar-refractivity contribution in [1.29, 1.82) is 5.41 Å². The number of rotatable bonds is 2. The molecule has 0 unspecified atom stereocenters. The first kappa shape index (κ1) is 12.9. The van der Waals surface area contributed by atoms with Crippen molar-refractivity contribution in [2.24, 2.45) is 11.1 Å². The fourth-order valence-electron chi connectivity index (χ4n) is 2.84. The van der Waals surface area contributed by atoms with Crippen LogP contribution in [0.2, 0.25) is 0 Å². The van der Waals surface area contributed by atoms with Gasteiger partial charge < -0.3 is 10.6 Å². The van der Waals surface area contributed by atoms with Gasteiger partial charge in [-0.25, -0.2) is 4.98 Å². The molecule has 0 radical (unpaired) electrons. The molecule has 2 aromatic rings. The average Bonchev–Trinajstić information content (AvgIpc) is 2.77. The molecule has 4 heteroatoms. The lowest BCUT2D eigenvalue weighted by molar-refractivity contribution is 0.418. The van der Waals surface area contributed by atoms with Gasteiger partial charge in [-0.1, -0.05) is 32.0 Å². The maximum absolute atomic E-state index is 7.83. The summed E-state index contributed by atoms with van der Waals surface area (Å²) in [5, 5.41) is 8.85. The summed E-state index contributed by atoms with van der Waals surface area (Å²) in [5.74, 6) is 0.935. The molecule has 0 amide bonds. The van der Waals surface area contributed by atoms with Gasteiger partial charge in [-0.05, 0) is 24.0 Å². The van der Waals surface area contributed by atoms with Crippen molar-refractivity contribution in [3.8, 4) is 0 Å². The van der Waals surface area contributed by atoms with Crippen molar-refractivity contribution < 1.29 is 0 Å². The molecule has 0 saturated carbocycles. The van der Waals surface area contributed by atoms with E-state index >= 15 is 0 Å². The van der Waals surface area contributed by atoms with E-state index in [0.717, 1.165) is 41.8 Å². The van der Waals surface area contributed by atoms with Crippen molar-refractivity contribution in [1.82, 2.24) is 4.98 Å². The Bertz CT molecular complexity index is 675. The van der Waals surface area contributed by atoms with Crippen LogP contribution < -0.4 is 10.6 Å². The van der Waals surface area contributed by atoms with Crippen LogP contribution in [-0.2, 0) is 0 Å². The van der Waals surface area contributed by atoms with E-state index in [2.05, 4.69) is 18.7 Å². The van der Waals surface area contributed by atoms with Crippen LogP contribution in [0.3, 0.4) is 0 Å². The molecule has 1 aromatic heterocycles. The summed E-state index contributed by atoms with van der Waals surface area (Å²) in [6.07, 6.45) is 1.14. The number of nitrogen functional groups attached to an aromatic ring is 1. The third kappa shape index (κ3) is 2.22. The summed E-state index contributed by atoms with van der Waals surface area (Å²) in [6, 6.07) is 9.95. The number of pyridine rings is 1. The van der Waals surface area contributed by atoms with Gasteiger partial charge in [0.15, 0.2) is 0 Å². The second kappa shape index (κ2) is 4.47. The van der Waals surface area contributed by atoms with Crippen molar-refractivity contribution >= 4 is 22.6 Å². The lowest BCUT2D eigenvalue weighted by Gasteiger charge is -2.23. The van der Waals surface area contributed by atoms with Crippen molar-refractivity contribution in [3.05, 3.63) is 35.9 Å². The minimum atomic E-state index is 0.0861. The molecule has 1 aliphatic heterocycles. The Labute approximate surface area is 119 Å². The summed E-state index contributed by atoms with van der Waals surface area (Å²) in [6.45, 7) is 6.46. The normalized spacial score (nSPS) is 17.6. The van der Waals surface area contributed by atoms with E-state index in [9.17, 15) is 0 Å². The number of aromatic nitrogens is 1. The molecule has 3 N–H and O–H groups in total. The highest BCUT2D eigenvalue weighted by atomic mass is 15.2. The summed E-state index contributed by atoms with van der Waals surface area (Å²) in [5.41, 5.74) is 7.74. The smallest absolute Gasteiger partial charge is 0.140 e. The van der Waals surface area contributed by atoms with Crippen LogP contribution in [0.5, 0.6) is 0 Å². The quantitative estimate of drug-likeness (QED) is 0.650. The molecule has 0 spiro atoms. The van der Waals surface area contributed by atoms with E-state index < -0.39 is 0 Å². The number of nitrogens with zero attached hydrogens (tertiary/aromatic N) is 2. The van der Waals surface area contributed by atoms with Gasteiger partial charge in [0.25, 0.3) is 0 Å². The van der Waals surface area contributed by atoms with Crippen molar-refractivity contribution in [3.63, 3.8) is 0 Å². The first-order valence-electron chi connectivity index (χ1n) is 6.95. The summed E-state index contributed by atoms with van der Waals surface area (Å²) < 4.78 is 0. The molecule has 1 saturated heterocycles. The fourth-order valence-corrected chi connectivity index (χ4v) is 2.84. The Balaban J connectivity index is 2.13. The summed E-state index contributed by atoms with van der Waals surface area (Å²) in [4.78, 5) is 7.00. The summed E-state index contributed by atoms with van der Waals surface area (Å²) >= 11 is 0. The number of anilines is 1. The van der Waals surface area contributed by atoms with Crippen LogP contribution in [-0.4, -0.2) is 23.9 Å². The largest absolute Gasteiger partial charge is 0.384 e. The highest BCUT2D eigenvalue weighted by Gasteiger charge is 2.31. The Kier molecular flexibility index (Phi) is 2.89. The first-order valence-corrected chi connectivity index (χ1v) is 6.95. The SMILES string of the molecule is CC1(C)CCN(c2nc3ccccc3cc2C(=N)N)C1. The van der Waals surface area contributed by atoms with Gasteiger partial charge in [-0.3, -0.25) is 5.41 Å². The topological polar surface area (TPSA) is 66.0 Å². The molecule has 3 rings (SSSR count). The Morgan fingerprint density at radius 2 is 2.10 bits per heavy atom. The number of nitrogens with two attached hydrogens (primary N) is 1. The van der Waals surface area contributed by atoms with Gasteiger partial charge in [0.2, 0.25) is 0 Å². The third-order valence-electron chi connectivity index (χ3n) is 3.97. The second-order valence-corrected chi connectivity index (χ2v) is 6.30. The molecule has 104 valence electrons. The number of para-hydroxylation sites is 1. The van der Waals surface area contributed by atoms with Gasteiger partial charge in [-0.2, -0.15) is 0 Å². The zero-order chi connectivity index (χ0) is 14.3. The molecular weight excluding hydrogens is 248 g/mol. The van der Waals surface area contributed by atoms with E-state index in [4.69, 9.17) is 16.1 Å². The molecule has 0 bridgehead atoms. The maximum Gasteiger partial charge on any atom is 0.140 e. The molecule has 0 aliphatic carbocycles. The van der Waals surface area contributed by atoms with Gasteiger partial charge >= 0.3 is 0 Å². The highest BCUT2D eigenvalue weighted by Crippen LogP contribution is 2.34. The highest BCUT2D eigenvalue weighted by molar-refractivity contribution is 6.03. The van der Waals surface area contributed by atoms with Crippen LogP contribution in [0.1, 0.15) is 25.8 Å². The van der Waals surface area contributed by atoms with E-state index in [1.807, 2.05) is 30.3 Å². The lowest BCUT2D eigenvalue weighted by Crippen LogP contribution is -2.27. The van der Waals surface area contributed by atoms with E-state index in [1.54, 1.807) is 0 Å². The van der Waals surface area contributed by atoms with Crippen LogP contribution in [0, 0.1) is 10.8 Å². The number of amidine groups is 1. The maximum atomic E-state index is 7.83. The molecule has 4 nitrogen and oxygen atoms in total. The van der Waals surface area contributed by atoms with Crippen molar-refractivity contribution in [2.75, 3.05) is 18.0 Å². The third-order valence-corrected chi connectivity index (χ3v) is 3.97. The van der Waals surface area contributed by atoms with Crippen LogP contribution in [0.15, 0.2) is 30.3 Å². The predicted molar refractivity (Wildman–Crippen MR) is 83.4 cm³/mol. The number of nitrogens with one attached hydrogen (secondary N) is 1. The van der Waals surface area contributed by atoms with Crippen molar-refractivity contribution in [2.45, 2.75) is 20.3 Å². The number of hydrogen-bond donors (Lipinski definition) is 2. The van der Waals surface area contributed by atoms with Gasteiger partial charge in [0.05, 0.1) is 11.1 Å². The molecular formula is C16H20N4. The minimum Gasteiger partial charge on any atom is -0.384 e. The Morgan fingerprint density at radius 3 is 2.75 bits per heavy atom. The van der Waals surface area contributed by atoms with Gasteiger partial charge in [-0.15, -0.1) is 0 Å². The zero-order valence-electron chi connectivity index (χ0n) is 12.0. The molecule has 1 fully saturated rings. The number of fused-ring (bicyclic) bond motifs is 1. The van der Waals surface area contributed by atoms with E-state index in [-0.39, 0.29) is 5.84 Å². The standard InChI is InChI=1S/C16H20N4/c1-16(2)7-8-20(10-16)15-12(14(17)18)9-11-5-3-4-6-13(11)19-15/h3-6,9H,7-8,10H2,1-2H3,(H3,17,18). The Hall–Kier alpha value is -2.10. The molecule has 20 heavy (non-hydrogen) atoms. The van der Waals surface area contributed by atoms with Crippen LogP contribution >= 0.6 is 0 Å². The molecule has 1 aromatic carbocycles. The zero-order valence-corrected chi connectivity index (χ0v) is 12.0.